The molecule has 0 aromatic carbocycles. The normalized spacial score (nSPS) is 10.1. The van der Waals surface area contributed by atoms with E-state index in [1.165, 1.54) is 6.42 Å². The summed E-state index contributed by atoms with van der Waals surface area (Å²) in [7, 11) is 0. The highest BCUT2D eigenvalue weighted by Crippen LogP contribution is 2.07. The Balaban J connectivity index is 2.42. The number of aryl methyl sites for hydroxylation is 1. The number of hydrogen-bond acceptors (Lipinski definition) is 3. The van der Waals surface area contributed by atoms with E-state index in [2.05, 4.69) is 16.6 Å². The Bertz CT molecular complexity index is 195. The van der Waals surface area contributed by atoms with Crippen molar-refractivity contribution in [1.29, 1.82) is 0 Å². The largest absolute Gasteiger partial charge is 0.368 e. The summed E-state index contributed by atoms with van der Waals surface area (Å²) in [5.74, 6) is 0.408. The molecule has 0 radical (unpaired) electrons. The van der Waals surface area contributed by atoms with Gasteiger partial charge in [-0.3, -0.25) is 0 Å². The Morgan fingerprint density at radius 3 is 3.00 bits per heavy atom. The monoisotopic (exact) mass is 140 g/mol. The molecule has 0 spiro atoms. The number of nitrogens with two attached hydrogens (primary N) is 1. The molecule has 0 saturated carbocycles. The first-order valence-electron chi connectivity index (χ1n) is 3.54. The predicted molar refractivity (Wildman–Crippen MR) is 39.5 cm³/mol. The third-order valence-electron chi connectivity index (χ3n) is 1.36. The van der Waals surface area contributed by atoms with Crippen LogP contribution in [0.25, 0.3) is 0 Å². The Morgan fingerprint density at radius 1 is 1.70 bits per heavy atom. The van der Waals surface area contributed by atoms with Crippen LogP contribution in [0.2, 0.25) is 0 Å². The first-order valence-corrected chi connectivity index (χ1v) is 3.54. The molecule has 0 atom stereocenters. The molecule has 1 rings (SSSR count). The highest BCUT2D eigenvalue weighted by atomic mass is 16.5. The maximum atomic E-state index is 5.32. The molecular formula is C7H12N2O. The second kappa shape index (κ2) is 3.25. The molecule has 0 saturated heterocycles. The minimum atomic E-state index is 0.408. The van der Waals surface area contributed by atoms with Crippen LogP contribution in [0.4, 0.5) is 5.88 Å². The van der Waals surface area contributed by atoms with Gasteiger partial charge in [0, 0.05) is 6.07 Å². The van der Waals surface area contributed by atoms with E-state index in [1.807, 2.05) is 0 Å². The number of unbranched alkanes of at least 4 members (excludes halogenated alkanes) is 1. The number of nitrogen functional groups attached to an aromatic ring is 1. The number of rotatable bonds is 3. The maximum Gasteiger partial charge on any atom is 0.222 e. The van der Waals surface area contributed by atoms with Gasteiger partial charge in [-0.2, -0.15) is 0 Å². The van der Waals surface area contributed by atoms with Crippen molar-refractivity contribution in [1.82, 2.24) is 5.16 Å². The van der Waals surface area contributed by atoms with Gasteiger partial charge in [-0.25, -0.2) is 0 Å². The summed E-state index contributed by atoms with van der Waals surface area (Å²) < 4.78 is 4.69. The van der Waals surface area contributed by atoms with Crippen LogP contribution in [0.5, 0.6) is 0 Å². The van der Waals surface area contributed by atoms with Crippen LogP contribution < -0.4 is 5.73 Å². The lowest BCUT2D eigenvalue weighted by Gasteiger charge is -1.87. The lowest BCUT2D eigenvalue weighted by Crippen LogP contribution is -1.82. The number of anilines is 1. The minimum absolute atomic E-state index is 0.408. The third-order valence-corrected chi connectivity index (χ3v) is 1.36. The van der Waals surface area contributed by atoms with E-state index in [9.17, 15) is 0 Å². The van der Waals surface area contributed by atoms with Crippen molar-refractivity contribution in [2.75, 3.05) is 5.73 Å². The topological polar surface area (TPSA) is 52.0 Å². The minimum Gasteiger partial charge on any atom is -0.368 e. The van der Waals surface area contributed by atoms with Crippen LogP contribution in [0, 0.1) is 0 Å². The van der Waals surface area contributed by atoms with Crippen LogP contribution in [0.3, 0.4) is 0 Å². The van der Waals surface area contributed by atoms with Gasteiger partial charge in [0.25, 0.3) is 0 Å². The highest BCUT2D eigenvalue weighted by Gasteiger charge is 1.97. The Morgan fingerprint density at radius 2 is 2.50 bits per heavy atom. The van der Waals surface area contributed by atoms with E-state index >= 15 is 0 Å². The Hall–Kier alpha value is -0.990. The van der Waals surface area contributed by atoms with Crippen LogP contribution >= 0.6 is 0 Å². The lowest BCUT2D eigenvalue weighted by atomic mass is 10.2. The van der Waals surface area contributed by atoms with Crippen molar-refractivity contribution in [3.63, 3.8) is 0 Å². The number of aromatic nitrogens is 1. The van der Waals surface area contributed by atoms with Gasteiger partial charge in [0.1, 0.15) is 0 Å². The molecule has 56 valence electrons. The summed E-state index contributed by atoms with van der Waals surface area (Å²) in [5.41, 5.74) is 6.28. The average Bonchev–Trinajstić information content (AvgIpc) is 2.31. The molecule has 0 amide bonds. The zero-order valence-electron chi connectivity index (χ0n) is 6.13. The summed E-state index contributed by atoms with van der Waals surface area (Å²) in [6, 6.07) is 1.77. The SMILES string of the molecule is CCCCc1cc(N)on1. The fourth-order valence-electron chi connectivity index (χ4n) is 0.804. The Kier molecular flexibility index (Phi) is 2.31. The van der Waals surface area contributed by atoms with Crippen molar-refractivity contribution in [3.05, 3.63) is 11.8 Å². The first kappa shape index (κ1) is 7.12. The molecule has 0 aliphatic rings. The lowest BCUT2D eigenvalue weighted by molar-refractivity contribution is 0.426. The van der Waals surface area contributed by atoms with Gasteiger partial charge in [-0.05, 0) is 12.8 Å². The zero-order valence-corrected chi connectivity index (χ0v) is 6.13. The number of nitrogens with zero attached hydrogens (tertiary/aromatic N) is 1. The van der Waals surface area contributed by atoms with Gasteiger partial charge in [0.05, 0.1) is 5.69 Å². The van der Waals surface area contributed by atoms with E-state index in [-0.39, 0.29) is 0 Å². The van der Waals surface area contributed by atoms with Gasteiger partial charge >= 0.3 is 0 Å². The summed E-state index contributed by atoms with van der Waals surface area (Å²) in [4.78, 5) is 0. The average molecular weight is 140 g/mol. The van der Waals surface area contributed by atoms with E-state index in [0.717, 1.165) is 18.5 Å². The fourth-order valence-corrected chi connectivity index (χ4v) is 0.804. The number of hydrogen-bond donors (Lipinski definition) is 1. The van der Waals surface area contributed by atoms with E-state index in [0.29, 0.717) is 5.88 Å². The molecule has 0 aliphatic heterocycles. The van der Waals surface area contributed by atoms with E-state index in [4.69, 9.17) is 5.73 Å². The van der Waals surface area contributed by atoms with Crippen LogP contribution in [-0.2, 0) is 6.42 Å². The Labute approximate surface area is 60.2 Å². The molecule has 3 nitrogen and oxygen atoms in total. The molecule has 2 N–H and O–H groups in total. The van der Waals surface area contributed by atoms with Gasteiger partial charge in [-0.1, -0.05) is 18.5 Å². The van der Waals surface area contributed by atoms with Crippen LogP contribution in [0.15, 0.2) is 10.6 Å². The first-order chi connectivity index (χ1) is 4.83. The van der Waals surface area contributed by atoms with Gasteiger partial charge in [0.2, 0.25) is 5.88 Å². The van der Waals surface area contributed by atoms with Crippen molar-refractivity contribution >= 4 is 5.88 Å². The second-order valence-corrected chi connectivity index (χ2v) is 2.32. The molecule has 1 aromatic heterocycles. The van der Waals surface area contributed by atoms with E-state index in [1.54, 1.807) is 6.07 Å². The van der Waals surface area contributed by atoms with Gasteiger partial charge in [0.15, 0.2) is 0 Å². The van der Waals surface area contributed by atoms with Gasteiger partial charge in [-0.15, -0.1) is 0 Å². The molecule has 0 unspecified atom stereocenters. The summed E-state index contributed by atoms with van der Waals surface area (Å²) in [6.45, 7) is 2.14. The molecule has 0 aliphatic carbocycles. The summed E-state index contributed by atoms with van der Waals surface area (Å²) in [5, 5.41) is 3.75. The molecular weight excluding hydrogens is 128 g/mol. The molecule has 3 heteroatoms. The van der Waals surface area contributed by atoms with Crippen molar-refractivity contribution in [2.24, 2.45) is 0 Å². The second-order valence-electron chi connectivity index (χ2n) is 2.32. The van der Waals surface area contributed by atoms with Crippen molar-refractivity contribution in [2.45, 2.75) is 26.2 Å². The fraction of sp³-hybridized carbons (Fsp3) is 0.571. The van der Waals surface area contributed by atoms with Crippen LogP contribution in [-0.4, -0.2) is 5.16 Å². The molecule has 0 fully saturated rings. The molecule has 0 bridgehead atoms. The highest BCUT2D eigenvalue weighted by molar-refractivity contribution is 5.24. The van der Waals surface area contributed by atoms with Gasteiger partial charge < -0.3 is 10.3 Å². The predicted octanol–water partition coefficient (Wildman–Crippen LogP) is 1.60. The smallest absolute Gasteiger partial charge is 0.222 e. The quantitative estimate of drug-likeness (QED) is 0.693. The third kappa shape index (κ3) is 1.76. The summed E-state index contributed by atoms with van der Waals surface area (Å²) >= 11 is 0. The van der Waals surface area contributed by atoms with Crippen molar-refractivity contribution in [3.8, 4) is 0 Å². The summed E-state index contributed by atoms with van der Waals surface area (Å²) in [6.07, 6.45) is 3.29. The maximum absolute atomic E-state index is 5.32. The van der Waals surface area contributed by atoms with Crippen LogP contribution in [0.1, 0.15) is 25.5 Å². The molecule has 1 aromatic rings. The molecule has 1 heterocycles. The zero-order chi connectivity index (χ0) is 7.40. The standard InChI is InChI=1S/C7H12N2O/c1-2-3-4-6-5-7(8)10-9-6/h5H,2-4,8H2,1H3. The van der Waals surface area contributed by atoms with Crippen molar-refractivity contribution < 1.29 is 4.52 Å². The van der Waals surface area contributed by atoms with E-state index < -0.39 is 0 Å². The molecule has 10 heavy (non-hydrogen) atoms.